The summed E-state index contributed by atoms with van der Waals surface area (Å²) in [6.07, 6.45) is -3.03. The van der Waals surface area contributed by atoms with Crippen LogP contribution in [0, 0.1) is 16.7 Å². The lowest BCUT2D eigenvalue weighted by molar-refractivity contribution is -0.137. The van der Waals surface area contributed by atoms with E-state index in [1.165, 1.54) is 6.20 Å². The Labute approximate surface area is 125 Å². The van der Waals surface area contributed by atoms with Crippen LogP contribution >= 0.6 is 15.9 Å². The predicted molar refractivity (Wildman–Crippen MR) is 76.5 cm³/mol. The lowest BCUT2D eigenvalue weighted by atomic mass is 10.0. The summed E-state index contributed by atoms with van der Waals surface area (Å²) in [5.41, 5.74) is -0.468. The molecule has 1 heterocycles. The maximum atomic E-state index is 13.0. The summed E-state index contributed by atoms with van der Waals surface area (Å²) < 4.78 is 39.2. The standard InChI is InChI=1S/C14H18BrF3N2/c1-12(2)10(13(12,3)4)7-20-11-9(14(16,17)18)5-8(15)6-19-11/h5-6,10H,7H2,1-4H3,(H,19,20). The minimum Gasteiger partial charge on any atom is -0.369 e. The van der Waals surface area contributed by atoms with E-state index < -0.39 is 11.7 Å². The first-order chi connectivity index (χ1) is 8.98. The number of pyridine rings is 1. The van der Waals surface area contributed by atoms with E-state index in [-0.39, 0.29) is 16.6 Å². The molecule has 0 amide bonds. The number of halogens is 4. The van der Waals surface area contributed by atoms with Crippen LogP contribution in [0.4, 0.5) is 19.0 Å². The topological polar surface area (TPSA) is 24.9 Å². The van der Waals surface area contributed by atoms with Crippen molar-refractivity contribution in [1.29, 1.82) is 0 Å². The third-order valence-corrected chi connectivity index (χ3v) is 5.39. The summed E-state index contributed by atoms with van der Waals surface area (Å²) in [4.78, 5) is 3.86. The summed E-state index contributed by atoms with van der Waals surface area (Å²) in [5.74, 6) is 0.237. The monoisotopic (exact) mass is 350 g/mol. The van der Waals surface area contributed by atoms with Crippen LogP contribution in [0.3, 0.4) is 0 Å². The van der Waals surface area contributed by atoms with E-state index >= 15 is 0 Å². The number of anilines is 1. The number of nitrogens with zero attached hydrogens (tertiary/aromatic N) is 1. The Bertz CT molecular complexity index is 510. The fourth-order valence-electron chi connectivity index (χ4n) is 2.84. The van der Waals surface area contributed by atoms with Crippen LogP contribution in [0.15, 0.2) is 16.7 Å². The van der Waals surface area contributed by atoms with Gasteiger partial charge in [0.15, 0.2) is 0 Å². The van der Waals surface area contributed by atoms with Gasteiger partial charge in [0.05, 0.1) is 5.56 Å². The zero-order chi connectivity index (χ0) is 15.3. The van der Waals surface area contributed by atoms with Gasteiger partial charge >= 0.3 is 6.18 Å². The van der Waals surface area contributed by atoms with Crippen LogP contribution in [0.2, 0.25) is 0 Å². The molecule has 2 rings (SSSR count). The molecular weight excluding hydrogens is 333 g/mol. The average molecular weight is 351 g/mol. The summed E-state index contributed by atoms with van der Waals surface area (Å²) in [6, 6.07) is 1.05. The SMILES string of the molecule is CC1(C)C(CNc2ncc(Br)cc2C(F)(F)F)C1(C)C. The Balaban J connectivity index is 2.16. The maximum absolute atomic E-state index is 13.0. The van der Waals surface area contributed by atoms with Crippen molar-refractivity contribution in [1.82, 2.24) is 4.98 Å². The maximum Gasteiger partial charge on any atom is 0.419 e. The van der Waals surface area contributed by atoms with Gasteiger partial charge in [-0.3, -0.25) is 0 Å². The van der Waals surface area contributed by atoms with Crippen molar-refractivity contribution < 1.29 is 13.2 Å². The second-order valence-corrected chi connectivity index (χ2v) is 7.34. The van der Waals surface area contributed by atoms with Crippen molar-refractivity contribution in [2.75, 3.05) is 11.9 Å². The van der Waals surface area contributed by atoms with Crippen molar-refractivity contribution in [3.63, 3.8) is 0 Å². The smallest absolute Gasteiger partial charge is 0.369 e. The minimum atomic E-state index is -4.41. The van der Waals surface area contributed by atoms with Gasteiger partial charge in [-0.2, -0.15) is 13.2 Å². The van der Waals surface area contributed by atoms with Gasteiger partial charge in [0.1, 0.15) is 5.82 Å². The van der Waals surface area contributed by atoms with E-state index in [2.05, 4.69) is 53.9 Å². The molecule has 1 aromatic heterocycles. The van der Waals surface area contributed by atoms with Crippen LogP contribution < -0.4 is 5.32 Å². The third-order valence-electron chi connectivity index (χ3n) is 4.95. The lowest BCUT2D eigenvalue weighted by Gasteiger charge is -2.14. The minimum absolute atomic E-state index is 0.0980. The molecule has 0 aliphatic heterocycles. The van der Waals surface area contributed by atoms with E-state index in [0.717, 1.165) is 6.07 Å². The fourth-order valence-corrected chi connectivity index (χ4v) is 3.17. The third kappa shape index (κ3) is 2.54. The second kappa shape index (κ2) is 4.61. The van der Waals surface area contributed by atoms with Crippen LogP contribution in [-0.4, -0.2) is 11.5 Å². The highest BCUT2D eigenvalue weighted by Gasteiger charge is 2.64. The molecule has 1 N–H and O–H groups in total. The molecule has 0 bridgehead atoms. The Hall–Kier alpha value is -0.780. The lowest BCUT2D eigenvalue weighted by Crippen LogP contribution is -2.15. The van der Waals surface area contributed by atoms with Crippen LogP contribution in [-0.2, 0) is 6.18 Å². The second-order valence-electron chi connectivity index (χ2n) is 6.42. The first-order valence-electron chi connectivity index (χ1n) is 6.44. The van der Waals surface area contributed by atoms with Crippen molar-refractivity contribution in [3.8, 4) is 0 Å². The molecule has 0 atom stereocenters. The van der Waals surface area contributed by atoms with Crippen molar-refractivity contribution in [2.24, 2.45) is 16.7 Å². The number of hydrogen-bond donors (Lipinski definition) is 1. The Morgan fingerprint density at radius 3 is 2.25 bits per heavy atom. The van der Waals surface area contributed by atoms with E-state index in [4.69, 9.17) is 0 Å². The number of hydrogen-bond acceptors (Lipinski definition) is 2. The largest absolute Gasteiger partial charge is 0.419 e. The zero-order valence-corrected chi connectivity index (χ0v) is 13.5. The highest BCUT2D eigenvalue weighted by Crippen LogP contribution is 2.68. The molecule has 20 heavy (non-hydrogen) atoms. The zero-order valence-electron chi connectivity index (χ0n) is 11.9. The summed E-state index contributed by atoms with van der Waals surface area (Å²) in [7, 11) is 0. The van der Waals surface area contributed by atoms with Crippen molar-refractivity contribution >= 4 is 21.7 Å². The number of nitrogens with one attached hydrogen (secondary N) is 1. The Kier molecular flexibility index (Phi) is 3.60. The molecule has 2 nitrogen and oxygen atoms in total. The van der Waals surface area contributed by atoms with E-state index in [9.17, 15) is 13.2 Å². The molecule has 1 aromatic rings. The van der Waals surface area contributed by atoms with Crippen LogP contribution in [0.1, 0.15) is 33.3 Å². The molecule has 1 saturated carbocycles. The molecule has 1 aliphatic carbocycles. The highest BCUT2D eigenvalue weighted by molar-refractivity contribution is 9.10. The van der Waals surface area contributed by atoms with Gasteiger partial charge in [-0.15, -0.1) is 0 Å². The molecular formula is C14H18BrF3N2. The van der Waals surface area contributed by atoms with E-state index in [1.54, 1.807) is 0 Å². The molecule has 0 unspecified atom stereocenters. The van der Waals surface area contributed by atoms with Gasteiger partial charge in [0, 0.05) is 17.2 Å². The average Bonchev–Trinajstić information content (AvgIpc) is 2.67. The first kappa shape index (κ1) is 15.6. The van der Waals surface area contributed by atoms with Gasteiger partial charge in [0.2, 0.25) is 0 Å². The molecule has 0 spiro atoms. The van der Waals surface area contributed by atoms with Gasteiger partial charge in [-0.05, 0) is 38.7 Å². The molecule has 0 aromatic carbocycles. The quantitative estimate of drug-likeness (QED) is 0.833. The van der Waals surface area contributed by atoms with Crippen molar-refractivity contribution in [2.45, 2.75) is 33.9 Å². The molecule has 1 fully saturated rings. The van der Waals surface area contributed by atoms with Gasteiger partial charge in [-0.1, -0.05) is 27.7 Å². The van der Waals surface area contributed by atoms with Gasteiger partial charge in [-0.25, -0.2) is 4.98 Å². The number of rotatable bonds is 3. The fraction of sp³-hybridized carbons (Fsp3) is 0.643. The predicted octanol–water partition coefficient (Wildman–Crippen LogP) is 4.96. The van der Waals surface area contributed by atoms with E-state index in [1.807, 2.05) is 0 Å². The Morgan fingerprint density at radius 2 is 1.80 bits per heavy atom. The molecule has 0 radical (unpaired) electrons. The normalized spacial score (nSPS) is 20.8. The highest BCUT2D eigenvalue weighted by atomic mass is 79.9. The molecule has 0 saturated heterocycles. The van der Waals surface area contributed by atoms with Gasteiger partial charge in [0.25, 0.3) is 0 Å². The van der Waals surface area contributed by atoms with Crippen LogP contribution in [0.5, 0.6) is 0 Å². The van der Waals surface area contributed by atoms with E-state index in [0.29, 0.717) is 16.9 Å². The number of alkyl halides is 3. The summed E-state index contributed by atoms with van der Waals surface area (Å²) >= 11 is 3.03. The van der Waals surface area contributed by atoms with Crippen LogP contribution in [0.25, 0.3) is 0 Å². The Morgan fingerprint density at radius 1 is 1.25 bits per heavy atom. The number of aromatic nitrogens is 1. The molecule has 112 valence electrons. The summed E-state index contributed by atoms with van der Waals surface area (Å²) in [5, 5.41) is 2.87. The molecule has 6 heteroatoms. The van der Waals surface area contributed by atoms with Gasteiger partial charge < -0.3 is 5.32 Å². The first-order valence-corrected chi connectivity index (χ1v) is 7.24. The van der Waals surface area contributed by atoms with Crippen molar-refractivity contribution in [3.05, 3.63) is 22.3 Å². The summed E-state index contributed by atoms with van der Waals surface area (Å²) in [6.45, 7) is 9.05. The molecule has 1 aliphatic rings.